The number of nitrogen functional groups attached to an aromatic ring is 1. The van der Waals surface area contributed by atoms with Crippen LogP contribution in [-0.2, 0) is 0 Å². The van der Waals surface area contributed by atoms with E-state index in [4.69, 9.17) is 15.9 Å². The van der Waals surface area contributed by atoms with Gasteiger partial charge in [-0.3, -0.25) is 4.79 Å². The van der Waals surface area contributed by atoms with Gasteiger partial charge in [-0.2, -0.15) is 0 Å². The van der Waals surface area contributed by atoms with Crippen molar-refractivity contribution in [2.45, 2.75) is 0 Å². The minimum Gasteiger partial charge on any atom is -0.495 e. The van der Waals surface area contributed by atoms with E-state index >= 15 is 0 Å². The Hall–Kier alpha value is -3.15. The summed E-state index contributed by atoms with van der Waals surface area (Å²) in [6, 6.07) is 9.09. The first kappa shape index (κ1) is 17.2. The number of hydrogen-bond donors (Lipinski definition) is 3. The second-order valence-corrected chi connectivity index (χ2v) is 4.99. The summed E-state index contributed by atoms with van der Waals surface area (Å²) in [5.41, 5.74) is 7.53. The Bertz CT molecular complexity index is 826. The molecule has 0 spiro atoms. The SMILES string of the molecule is CNC(=O)c1ccc(N)c(C(=N)/C=C/c2cccc(F)c2)c1OC.[HH].[HH]. The van der Waals surface area contributed by atoms with Crippen LogP contribution in [0.2, 0.25) is 0 Å². The van der Waals surface area contributed by atoms with E-state index in [-0.39, 0.29) is 31.6 Å². The molecule has 0 fully saturated rings. The molecule has 1 amide bonds. The Morgan fingerprint density at radius 2 is 2.12 bits per heavy atom. The zero-order chi connectivity index (χ0) is 17.7. The molecule has 0 aliphatic heterocycles. The van der Waals surface area contributed by atoms with E-state index in [1.54, 1.807) is 30.3 Å². The van der Waals surface area contributed by atoms with Crippen LogP contribution < -0.4 is 15.8 Å². The molecule has 2 aromatic carbocycles. The summed E-state index contributed by atoms with van der Waals surface area (Å²) >= 11 is 0. The maximum Gasteiger partial charge on any atom is 0.254 e. The van der Waals surface area contributed by atoms with Crippen LogP contribution in [0, 0.1) is 11.2 Å². The van der Waals surface area contributed by atoms with Gasteiger partial charge < -0.3 is 21.2 Å². The molecule has 0 aliphatic rings. The molecule has 0 bridgehead atoms. The van der Waals surface area contributed by atoms with Gasteiger partial charge in [-0.25, -0.2) is 4.39 Å². The minimum atomic E-state index is -0.359. The van der Waals surface area contributed by atoms with Crippen molar-refractivity contribution in [3.8, 4) is 5.75 Å². The van der Waals surface area contributed by atoms with Crippen LogP contribution in [0.25, 0.3) is 6.08 Å². The predicted molar refractivity (Wildman–Crippen MR) is 97.3 cm³/mol. The van der Waals surface area contributed by atoms with E-state index in [1.165, 1.54) is 32.4 Å². The first-order chi connectivity index (χ1) is 11.5. The number of rotatable bonds is 5. The smallest absolute Gasteiger partial charge is 0.254 e. The van der Waals surface area contributed by atoms with Crippen molar-refractivity contribution in [1.82, 2.24) is 5.32 Å². The molecule has 5 nitrogen and oxygen atoms in total. The summed E-state index contributed by atoms with van der Waals surface area (Å²) in [5, 5.41) is 10.8. The summed E-state index contributed by atoms with van der Waals surface area (Å²) in [6.07, 6.45) is 3.08. The molecule has 0 aromatic heterocycles. The van der Waals surface area contributed by atoms with Crippen molar-refractivity contribution >= 4 is 23.4 Å². The topological polar surface area (TPSA) is 88.2 Å². The molecule has 0 unspecified atom stereocenters. The van der Waals surface area contributed by atoms with Gasteiger partial charge in [0.05, 0.1) is 23.9 Å². The molecule has 0 heterocycles. The molecule has 2 rings (SSSR count). The van der Waals surface area contributed by atoms with Crippen LogP contribution in [0.1, 0.15) is 24.3 Å². The number of allylic oxidation sites excluding steroid dienone is 1. The molecule has 0 saturated carbocycles. The van der Waals surface area contributed by atoms with Crippen LogP contribution in [0.15, 0.2) is 42.5 Å². The van der Waals surface area contributed by atoms with Gasteiger partial charge in [-0.15, -0.1) is 0 Å². The first-order valence-corrected chi connectivity index (χ1v) is 7.19. The van der Waals surface area contributed by atoms with Gasteiger partial charge in [0.1, 0.15) is 11.6 Å². The minimum absolute atomic E-state index is 0. The Balaban J connectivity index is 0.00000312. The molecule has 6 heteroatoms. The lowest BCUT2D eigenvalue weighted by Gasteiger charge is -2.14. The average Bonchev–Trinajstić information content (AvgIpc) is 2.58. The summed E-state index contributed by atoms with van der Waals surface area (Å²) < 4.78 is 18.5. The Kier molecular flexibility index (Phi) is 5.31. The van der Waals surface area contributed by atoms with Crippen molar-refractivity contribution in [1.29, 1.82) is 5.41 Å². The molecule has 0 aliphatic carbocycles. The highest BCUT2D eigenvalue weighted by molar-refractivity contribution is 6.15. The number of nitrogens with one attached hydrogen (secondary N) is 2. The van der Waals surface area contributed by atoms with Gasteiger partial charge in [0.25, 0.3) is 5.91 Å². The van der Waals surface area contributed by atoms with Gasteiger partial charge >= 0.3 is 0 Å². The maximum atomic E-state index is 13.2. The second-order valence-electron chi connectivity index (χ2n) is 4.99. The fourth-order valence-electron chi connectivity index (χ4n) is 2.27. The number of carbonyl (C=O) groups is 1. The van der Waals surface area contributed by atoms with Crippen molar-refractivity contribution < 1.29 is 16.8 Å². The summed E-state index contributed by atoms with van der Waals surface area (Å²) in [4.78, 5) is 11.9. The van der Waals surface area contributed by atoms with Crippen molar-refractivity contribution in [3.05, 3.63) is 65.0 Å². The fraction of sp³-hybridized carbons (Fsp3) is 0.111. The Labute approximate surface area is 142 Å². The van der Waals surface area contributed by atoms with Gasteiger partial charge in [-0.1, -0.05) is 18.2 Å². The summed E-state index contributed by atoms with van der Waals surface area (Å²) in [6.45, 7) is 0. The Morgan fingerprint density at radius 3 is 2.75 bits per heavy atom. The van der Waals surface area contributed by atoms with E-state index in [2.05, 4.69) is 5.32 Å². The number of anilines is 1. The number of amides is 1. The summed E-state index contributed by atoms with van der Waals surface area (Å²) in [5.74, 6) is -0.472. The van der Waals surface area contributed by atoms with Crippen LogP contribution in [0.4, 0.5) is 10.1 Å². The van der Waals surface area contributed by atoms with Crippen LogP contribution in [0.3, 0.4) is 0 Å². The van der Waals surface area contributed by atoms with E-state index in [0.29, 0.717) is 16.8 Å². The number of carbonyl (C=O) groups excluding carboxylic acids is 1. The van der Waals surface area contributed by atoms with E-state index in [1.807, 2.05) is 0 Å². The molecule has 4 N–H and O–H groups in total. The lowest BCUT2D eigenvalue weighted by Crippen LogP contribution is -2.20. The highest BCUT2D eigenvalue weighted by Gasteiger charge is 2.19. The largest absolute Gasteiger partial charge is 0.495 e. The monoisotopic (exact) mass is 331 g/mol. The van der Waals surface area contributed by atoms with Crippen molar-refractivity contribution in [2.75, 3.05) is 19.9 Å². The lowest BCUT2D eigenvalue weighted by atomic mass is 10.0. The van der Waals surface area contributed by atoms with Gasteiger partial charge in [0.2, 0.25) is 0 Å². The Morgan fingerprint density at radius 1 is 1.38 bits per heavy atom. The van der Waals surface area contributed by atoms with E-state index in [9.17, 15) is 9.18 Å². The predicted octanol–water partition coefficient (Wildman–Crippen LogP) is 3.35. The third-order valence-corrected chi connectivity index (χ3v) is 3.43. The third kappa shape index (κ3) is 3.60. The number of hydrogen-bond acceptors (Lipinski definition) is 4. The highest BCUT2D eigenvalue weighted by Crippen LogP contribution is 2.30. The van der Waals surface area contributed by atoms with Crippen LogP contribution in [-0.4, -0.2) is 25.8 Å². The second kappa shape index (κ2) is 7.41. The number of nitrogens with two attached hydrogens (primary N) is 1. The van der Waals surface area contributed by atoms with E-state index in [0.717, 1.165) is 0 Å². The molecule has 0 atom stereocenters. The lowest BCUT2D eigenvalue weighted by molar-refractivity contribution is 0.0960. The number of halogens is 1. The van der Waals surface area contributed by atoms with E-state index < -0.39 is 0 Å². The molecule has 0 saturated heterocycles. The molecular weight excluding hydrogens is 309 g/mol. The summed E-state index contributed by atoms with van der Waals surface area (Å²) in [7, 11) is 2.92. The maximum absolute atomic E-state index is 13.2. The number of ether oxygens (including phenoxy) is 1. The molecule has 0 radical (unpaired) electrons. The average molecular weight is 331 g/mol. The number of benzene rings is 2. The van der Waals surface area contributed by atoms with Gasteiger partial charge in [0.15, 0.2) is 0 Å². The molecular formula is C18H22FN3O2. The molecule has 2 aromatic rings. The molecule has 24 heavy (non-hydrogen) atoms. The standard InChI is InChI=1S/C18H18FN3O2.2H2/c1-22-18(23)13-7-9-15(21)16(17(13)24-2)14(20)8-6-11-4-3-5-12(19)10-11;;/h3-10,20H,21H2,1-2H3,(H,22,23);2*1H/b8-6+,20-14?;;. The van der Waals surface area contributed by atoms with Gasteiger partial charge in [-0.05, 0) is 35.9 Å². The van der Waals surface area contributed by atoms with Crippen molar-refractivity contribution in [2.24, 2.45) is 0 Å². The van der Waals surface area contributed by atoms with Gasteiger partial charge in [0, 0.05) is 15.6 Å². The van der Waals surface area contributed by atoms with Crippen LogP contribution in [0.5, 0.6) is 5.75 Å². The van der Waals surface area contributed by atoms with Crippen LogP contribution >= 0.6 is 0 Å². The highest BCUT2D eigenvalue weighted by atomic mass is 19.1. The zero-order valence-electron chi connectivity index (χ0n) is 13.4. The molecule has 128 valence electrons. The normalized spacial score (nSPS) is 10.6. The number of methoxy groups -OCH3 is 1. The first-order valence-electron chi connectivity index (χ1n) is 7.19. The fourth-order valence-corrected chi connectivity index (χ4v) is 2.27. The quantitative estimate of drug-likeness (QED) is 0.580. The zero-order valence-corrected chi connectivity index (χ0v) is 13.4. The third-order valence-electron chi connectivity index (χ3n) is 3.43. The van der Waals surface area contributed by atoms with Crippen molar-refractivity contribution in [3.63, 3.8) is 0 Å².